The van der Waals surface area contributed by atoms with Crippen molar-refractivity contribution in [2.24, 2.45) is 0 Å². The first-order valence-electron chi connectivity index (χ1n) is 27.2. The van der Waals surface area contributed by atoms with Gasteiger partial charge in [-0.15, -0.1) is 0 Å². The second-order valence-electron chi connectivity index (χ2n) is 25.6. The number of hydrogen-bond acceptors (Lipinski definition) is 3. The molecule has 0 amide bonds. The second kappa shape index (κ2) is 15.1. The van der Waals surface area contributed by atoms with Gasteiger partial charge in [-0.2, -0.15) is 0 Å². The highest BCUT2D eigenvalue weighted by molar-refractivity contribution is 6.94. The molecule has 9 aromatic carbocycles. The molecule has 0 radical (unpaired) electrons. The lowest BCUT2D eigenvalue weighted by molar-refractivity contribution is 0.584. The van der Waals surface area contributed by atoms with Crippen LogP contribution in [0.1, 0.15) is 104 Å². The van der Waals surface area contributed by atoms with Crippen LogP contribution in [0.15, 0.2) is 174 Å². The molecule has 5 nitrogen and oxygen atoms in total. The lowest BCUT2D eigenvalue weighted by atomic mass is 9.43. The van der Waals surface area contributed by atoms with Gasteiger partial charge in [-0.25, -0.2) is 4.98 Å². The molecule has 0 spiro atoms. The third-order valence-corrected chi connectivity index (χ3v) is 17.5. The average molecular weight is 985 g/mol. The van der Waals surface area contributed by atoms with Crippen LogP contribution in [-0.4, -0.2) is 21.0 Å². The number of para-hydroxylation sites is 2. The molecule has 0 saturated carbocycles. The van der Waals surface area contributed by atoms with E-state index >= 15 is 0 Å². The summed E-state index contributed by atoms with van der Waals surface area (Å²) in [7, 11) is 0. The number of imidazole rings is 1. The van der Waals surface area contributed by atoms with Crippen molar-refractivity contribution in [2.45, 2.75) is 97.8 Å². The molecule has 0 atom stereocenters. The number of rotatable bonds is 3. The quantitative estimate of drug-likeness (QED) is 0.166. The monoisotopic (exact) mass is 984 g/mol. The van der Waals surface area contributed by atoms with Crippen molar-refractivity contribution in [3.63, 3.8) is 0 Å². The van der Waals surface area contributed by atoms with E-state index in [-0.39, 0.29) is 28.5 Å². The smallest absolute Gasteiger partial charge is 0.333 e. The minimum Gasteiger partial charge on any atom is -0.455 e. The maximum absolute atomic E-state index is 7.46. The predicted octanol–water partition coefficient (Wildman–Crippen LogP) is 17.1. The number of nitrogens with zero attached hydrogens (tertiary/aromatic N) is 4. The van der Waals surface area contributed by atoms with E-state index in [1.54, 1.807) is 0 Å². The normalized spacial score (nSPS) is 14.6. The SMILES string of the molecule is CC(C)(C)c1ccc(N2B3c4cc5nc(-c6ccccc6)n(-c6ccccc6)c5cc4-n4c5ccc(C(C)(C)C)cc5c5c6c(oc7ccccc76)c(c3c54)-c3cc4c(cc32)-c2ccc(C(C)(C)C)cc2C4(C)C)cc1. The van der Waals surface area contributed by atoms with Gasteiger partial charge in [-0.05, 0) is 133 Å². The summed E-state index contributed by atoms with van der Waals surface area (Å²) >= 11 is 0. The minimum atomic E-state index is -0.265. The van der Waals surface area contributed by atoms with E-state index in [1.807, 2.05) is 0 Å². The van der Waals surface area contributed by atoms with Gasteiger partial charge in [0.05, 0.1) is 22.1 Å². The zero-order chi connectivity index (χ0) is 52.1. The molecule has 0 saturated heterocycles. The number of hydrogen-bond donors (Lipinski definition) is 0. The Kier molecular flexibility index (Phi) is 8.98. The highest BCUT2D eigenvalue weighted by Gasteiger charge is 2.48. The Morgan fingerprint density at radius 2 is 1.14 bits per heavy atom. The van der Waals surface area contributed by atoms with Crippen molar-refractivity contribution in [3.05, 3.63) is 198 Å². The van der Waals surface area contributed by atoms with Crippen molar-refractivity contribution in [1.29, 1.82) is 0 Å². The molecule has 5 heterocycles. The number of anilines is 2. The zero-order valence-electron chi connectivity index (χ0n) is 45.4. The van der Waals surface area contributed by atoms with Crippen molar-refractivity contribution >= 4 is 83.9 Å². The Balaban J connectivity index is 1.15. The van der Waals surface area contributed by atoms with Crippen LogP contribution < -0.4 is 15.7 Å². The first-order chi connectivity index (χ1) is 36.4. The fourth-order valence-corrected chi connectivity index (χ4v) is 13.5. The summed E-state index contributed by atoms with van der Waals surface area (Å²) in [6.45, 7) is 25.5. The van der Waals surface area contributed by atoms with Crippen LogP contribution in [0.5, 0.6) is 0 Å². The van der Waals surface area contributed by atoms with Crippen LogP contribution in [0.4, 0.5) is 11.4 Å². The van der Waals surface area contributed by atoms with E-state index in [0.717, 1.165) is 56.0 Å². The molecule has 2 aliphatic heterocycles. The highest BCUT2D eigenvalue weighted by atomic mass is 16.3. The average Bonchev–Trinajstić information content (AvgIpc) is 4.25. The molecule has 3 aliphatic rings. The summed E-state index contributed by atoms with van der Waals surface area (Å²) in [4.78, 5) is 8.34. The minimum absolute atomic E-state index is 0.0124. The third kappa shape index (κ3) is 6.13. The molecule has 15 rings (SSSR count). The van der Waals surface area contributed by atoms with Crippen LogP contribution in [0, 0.1) is 0 Å². The van der Waals surface area contributed by atoms with Crippen molar-refractivity contribution in [1.82, 2.24) is 14.1 Å². The maximum atomic E-state index is 7.46. The topological polar surface area (TPSA) is 39.1 Å². The highest BCUT2D eigenvalue weighted by Crippen LogP contribution is 2.57. The standard InChI is InChI=1S/C70H61BN4O/c1-67(2,3)41-26-30-45(31-27-41)75-56-37-48-46-32-28-43(69(7,8)9)35-51(46)70(10,11)52(48)36-50(56)62-63-64-60(61-47-24-18-19-25-59(47)76-65(61)62)49-34-42(68(4,5)6)29-33-55(49)74(64)57-39-58-54(38-53(57)71(63)75)72-66(40-20-14-12-15-21-40)73(58)44-22-16-13-17-23-44/h12-39H,1-11H3. The zero-order valence-corrected chi connectivity index (χ0v) is 45.4. The van der Waals surface area contributed by atoms with Gasteiger partial charge >= 0.3 is 6.85 Å². The van der Waals surface area contributed by atoms with Gasteiger partial charge in [0, 0.05) is 66.4 Å². The summed E-state index contributed by atoms with van der Waals surface area (Å²) in [6, 6.07) is 64.1. The van der Waals surface area contributed by atoms with E-state index in [4.69, 9.17) is 9.40 Å². The van der Waals surface area contributed by atoms with Crippen molar-refractivity contribution < 1.29 is 4.42 Å². The fourth-order valence-electron chi connectivity index (χ4n) is 13.5. The molecule has 370 valence electrons. The molecule has 12 aromatic rings. The van der Waals surface area contributed by atoms with Crippen LogP contribution in [0.3, 0.4) is 0 Å². The van der Waals surface area contributed by atoms with Gasteiger partial charge in [0.15, 0.2) is 0 Å². The molecule has 3 aromatic heterocycles. The second-order valence-corrected chi connectivity index (χ2v) is 25.6. The van der Waals surface area contributed by atoms with E-state index in [9.17, 15) is 0 Å². The summed E-state index contributed by atoms with van der Waals surface area (Å²) in [6.07, 6.45) is 0. The Hall–Kier alpha value is -8.09. The molecule has 0 unspecified atom stereocenters. The first kappa shape index (κ1) is 45.3. The van der Waals surface area contributed by atoms with Gasteiger partial charge in [0.25, 0.3) is 0 Å². The van der Waals surface area contributed by atoms with Crippen LogP contribution in [0.2, 0.25) is 0 Å². The summed E-state index contributed by atoms with van der Waals surface area (Å²) in [5.41, 5.74) is 25.7. The molecular weight excluding hydrogens is 924 g/mol. The Morgan fingerprint density at radius 1 is 0.500 bits per heavy atom. The first-order valence-corrected chi connectivity index (χ1v) is 27.2. The maximum Gasteiger partial charge on any atom is 0.333 e. The summed E-state index contributed by atoms with van der Waals surface area (Å²) in [5.74, 6) is 0.915. The molecule has 0 N–H and O–H groups in total. The summed E-state index contributed by atoms with van der Waals surface area (Å²) in [5, 5.41) is 4.79. The van der Waals surface area contributed by atoms with Gasteiger partial charge in [0.2, 0.25) is 0 Å². The van der Waals surface area contributed by atoms with Gasteiger partial charge < -0.3 is 13.8 Å². The van der Waals surface area contributed by atoms with E-state index < -0.39 is 0 Å². The van der Waals surface area contributed by atoms with E-state index in [0.29, 0.717) is 0 Å². The molecule has 6 heteroatoms. The molecule has 0 fully saturated rings. The molecule has 1 aliphatic carbocycles. The Morgan fingerprint density at radius 3 is 1.87 bits per heavy atom. The Labute approximate surface area is 445 Å². The lowest BCUT2D eigenvalue weighted by Gasteiger charge is -2.42. The van der Waals surface area contributed by atoms with Crippen molar-refractivity contribution in [2.75, 3.05) is 4.81 Å². The molecule has 0 bridgehead atoms. The van der Waals surface area contributed by atoms with Crippen LogP contribution in [0.25, 0.3) is 99.8 Å². The number of fused-ring (bicyclic) bond motifs is 17. The van der Waals surface area contributed by atoms with Gasteiger partial charge in [-0.1, -0.05) is 179 Å². The Bertz CT molecular complexity index is 4470. The van der Waals surface area contributed by atoms with Gasteiger partial charge in [0.1, 0.15) is 17.0 Å². The number of furan rings is 1. The largest absolute Gasteiger partial charge is 0.455 e. The lowest BCUT2D eigenvalue weighted by Crippen LogP contribution is -2.60. The van der Waals surface area contributed by atoms with Crippen LogP contribution in [-0.2, 0) is 21.7 Å². The van der Waals surface area contributed by atoms with E-state index in [2.05, 4.69) is 260 Å². The number of benzene rings is 9. The van der Waals surface area contributed by atoms with Gasteiger partial charge in [-0.3, -0.25) is 4.57 Å². The predicted molar refractivity (Wildman–Crippen MR) is 321 cm³/mol. The van der Waals surface area contributed by atoms with Crippen LogP contribution >= 0.6 is 0 Å². The third-order valence-electron chi connectivity index (χ3n) is 17.5. The molecular formula is C70H61BN4O. The fraction of sp³-hybridized carbons (Fsp3) is 0.214. The molecule has 76 heavy (non-hydrogen) atoms. The van der Waals surface area contributed by atoms with Crippen molar-refractivity contribution in [3.8, 4) is 45.0 Å². The summed E-state index contributed by atoms with van der Waals surface area (Å²) < 4.78 is 12.4. The van der Waals surface area contributed by atoms with E-state index in [1.165, 1.54) is 93.9 Å². The number of aromatic nitrogens is 3.